The van der Waals surface area contributed by atoms with Gasteiger partial charge < -0.3 is 20.1 Å². The van der Waals surface area contributed by atoms with Crippen molar-refractivity contribution in [3.8, 4) is 5.75 Å². The molecule has 0 spiro atoms. The molecule has 0 saturated heterocycles. The molecule has 0 aromatic heterocycles. The van der Waals surface area contributed by atoms with Gasteiger partial charge in [0, 0.05) is 5.56 Å². The van der Waals surface area contributed by atoms with E-state index < -0.39 is 7.12 Å². The molecule has 21 heavy (non-hydrogen) atoms. The van der Waals surface area contributed by atoms with Gasteiger partial charge >= 0.3 is 7.12 Å². The molecule has 1 aliphatic heterocycles. The molecule has 0 fully saturated rings. The molecule has 2 aromatic rings. The number of hydrogen-bond donors (Lipinski definition) is 3. The lowest BCUT2D eigenvalue weighted by Crippen LogP contribution is -2.27. The van der Waals surface area contributed by atoms with Crippen LogP contribution in [0.25, 0.3) is 0 Å². The van der Waals surface area contributed by atoms with Crippen LogP contribution in [-0.2, 0) is 17.9 Å². The van der Waals surface area contributed by atoms with Crippen LogP contribution in [0.2, 0.25) is 0 Å². The second-order valence-electron chi connectivity index (χ2n) is 4.92. The SMILES string of the molecule is N=C(N)c1ccc(COc2ccc3c(c2)COB3O)cc1. The lowest BCUT2D eigenvalue weighted by atomic mass is 9.80. The number of hydrogen-bond acceptors (Lipinski definition) is 4. The number of rotatable bonds is 4. The van der Waals surface area contributed by atoms with Gasteiger partial charge in [0.2, 0.25) is 0 Å². The minimum atomic E-state index is -0.826. The van der Waals surface area contributed by atoms with E-state index in [9.17, 15) is 5.02 Å². The van der Waals surface area contributed by atoms with Crippen molar-refractivity contribution in [2.75, 3.05) is 0 Å². The molecule has 0 bridgehead atoms. The molecule has 0 unspecified atom stereocenters. The second-order valence-corrected chi connectivity index (χ2v) is 4.92. The Balaban J connectivity index is 1.66. The first-order chi connectivity index (χ1) is 10.1. The van der Waals surface area contributed by atoms with Gasteiger partial charge in [-0.25, -0.2) is 0 Å². The van der Waals surface area contributed by atoms with E-state index >= 15 is 0 Å². The second kappa shape index (κ2) is 5.59. The van der Waals surface area contributed by atoms with Gasteiger partial charge in [-0.05, 0) is 28.7 Å². The summed E-state index contributed by atoms with van der Waals surface area (Å²) in [7, 11) is -0.826. The Morgan fingerprint density at radius 1 is 1.29 bits per heavy atom. The summed E-state index contributed by atoms with van der Waals surface area (Å²) in [6.45, 7) is 0.835. The maximum Gasteiger partial charge on any atom is 0.491 e. The molecule has 0 amide bonds. The summed E-state index contributed by atoms with van der Waals surface area (Å²) in [6.07, 6.45) is 0. The third-order valence-corrected chi connectivity index (χ3v) is 3.45. The highest BCUT2D eigenvalue weighted by molar-refractivity contribution is 6.61. The molecular formula is C15H15BN2O3. The van der Waals surface area contributed by atoms with Gasteiger partial charge in [0.25, 0.3) is 0 Å². The molecule has 0 atom stereocenters. The zero-order chi connectivity index (χ0) is 14.8. The van der Waals surface area contributed by atoms with E-state index in [1.165, 1.54) is 0 Å². The van der Waals surface area contributed by atoms with Crippen LogP contribution in [0.15, 0.2) is 42.5 Å². The molecule has 3 rings (SSSR count). The van der Waals surface area contributed by atoms with Gasteiger partial charge in [-0.15, -0.1) is 0 Å². The van der Waals surface area contributed by atoms with Crippen molar-refractivity contribution in [2.45, 2.75) is 13.2 Å². The van der Waals surface area contributed by atoms with E-state index in [1.54, 1.807) is 12.1 Å². The number of benzene rings is 2. The minimum absolute atomic E-state index is 0.0552. The first kappa shape index (κ1) is 13.7. The first-order valence-corrected chi connectivity index (χ1v) is 6.62. The molecule has 0 radical (unpaired) electrons. The molecule has 1 heterocycles. The van der Waals surface area contributed by atoms with Crippen molar-refractivity contribution >= 4 is 18.4 Å². The Morgan fingerprint density at radius 3 is 2.76 bits per heavy atom. The van der Waals surface area contributed by atoms with Crippen LogP contribution in [0.3, 0.4) is 0 Å². The predicted octanol–water partition coefficient (Wildman–Crippen LogP) is 0.767. The summed E-state index contributed by atoms with van der Waals surface area (Å²) in [5.41, 5.74) is 8.86. The van der Waals surface area contributed by atoms with Crippen LogP contribution in [0, 0.1) is 5.41 Å². The Kier molecular flexibility index (Phi) is 3.64. The number of nitrogens with one attached hydrogen (secondary N) is 1. The highest BCUT2D eigenvalue weighted by Gasteiger charge is 2.27. The monoisotopic (exact) mass is 282 g/mol. The third kappa shape index (κ3) is 2.91. The number of fused-ring (bicyclic) bond motifs is 1. The third-order valence-electron chi connectivity index (χ3n) is 3.45. The zero-order valence-corrected chi connectivity index (χ0v) is 11.4. The van der Waals surface area contributed by atoms with Crippen LogP contribution < -0.4 is 15.9 Å². The zero-order valence-electron chi connectivity index (χ0n) is 11.4. The molecule has 2 aromatic carbocycles. The summed E-state index contributed by atoms with van der Waals surface area (Å²) in [4.78, 5) is 0. The van der Waals surface area contributed by atoms with E-state index in [4.69, 9.17) is 20.5 Å². The lowest BCUT2D eigenvalue weighted by Gasteiger charge is -2.08. The summed E-state index contributed by atoms with van der Waals surface area (Å²) in [5, 5.41) is 16.9. The van der Waals surface area contributed by atoms with Crippen LogP contribution in [0.5, 0.6) is 5.75 Å². The first-order valence-electron chi connectivity index (χ1n) is 6.62. The van der Waals surface area contributed by atoms with Crippen molar-refractivity contribution in [3.05, 3.63) is 59.2 Å². The largest absolute Gasteiger partial charge is 0.491 e. The lowest BCUT2D eigenvalue weighted by molar-refractivity contribution is 0.274. The van der Waals surface area contributed by atoms with E-state index in [0.29, 0.717) is 18.8 Å². The molecule has 0 saturated carbocycles. The Bertz CT molecular complexity index is 673. The maximum atomic E-state index is 9.56. The molecule has 1 aliphatic rings. The molecule has 4 N–H and O–H groups in total. The summed E-state index contributed by atoms with van der Waals surface area (Å²) < 4.78 is 10.9. The highest BCUT2D eigenvalue weighted by atomic mass is 16.5. The fourth-order valence-corrected chi connectivity index (χ4v) is 2.24. The molecule has 6 heteroatoms. The number of nitrogen functional groups attached to an aromatic ring is 1. The average molecular weight is 282 g/mol. The van der Waals surface area contributed by atoms with Crippen LogP contribution in [0.4, 0.5) is 0 Å². The van der Waals surface area contributed by atoms with Gasteiger partial charge in [0.05, 0.1) is 6.61 Å². The summed E-state index contributed by atoms with van der Waals surface area (Å²) >= 11 is 0. The normalized spacial score (nSPS) is 13.1. The van der Waals surface area contributed by atoms with Crippen molar-refractivity contribution in [3.63, 3.8) is 0 Å². The quantitative estimate of drug-likeness (QED) is 0.439. The van der Waals surface area contributed by atoms with Crippen LogP contribution in [0.1, 0.15) is 16.7 Å². The van der Waals surface area contributed by atoms with Gasteiger partial charge in [-0.2, -0.15) is 0 Å². The average Bonchev–Trinajstić information content (AvgIpc) is 2.86. The number of ether oxygens (including phenoxy) is 1. The highest BCUT2D eigenvalue weighted by Crippen LogP contribution is 2.18. The smallest absolute Gasteiger partial charge is 0.489 e. The van der Waals surface area contributed by atoms with E-state index in [0.717, 1.165) is 22.3 Å². The Hall–Kier alpha value is -2.31. The van der Waals surface area contributed by atoms with E-state index in [-0.39, 0.29) is 5.84 Å². The fraction of sp³-hybridized carbons (Fsp3) is 0.133. The van der Waals surface area contributed by atoms with E-state index in [1.807, 2.05) is 30.3 Å². The standard InChI is InChI=1S/C15H15BN2O3/c17-15(18)11-3-1-10(2-4-11)8-20-13-5-6-14-12(7-13)9-21-16(14)19/h1-7,19H,8-9H2,(H3,17,18). The Morgan fingerprint density at radius 2 is 2.05 bits per heavy atom. The number of amidine groups is 1. The maximum absolute atomic E-state index is 9.56. The van der Waals surface area contributed by atoms with Crippen molar-refractivity contribution < 1.29 is 14.4 Å². The van der Waals surface area contributed by atoms with Gasteiger partial charge in [-0.1, -0.05) is 30.3 Å². The van der Waals surface area contributed by atoms with E-state index in [2.05, 4.69) is 0 Å². The van der Waals surface area contributed by atoms with Gasteiger partial charge in [0.15, 0.2) is 0 Å². The number of nitrogens with two attached hydrogens (primary N) is 1. The topological polar surface area (TPSA) is 88.6 Å². The molecule has 5 nitrogen and oxygen atoms in total. The van der Waals surface area contributed by atoms with Crippen LogP contribution in [-0.4, -0.2) is 18.0 Å². The van der Waals surface area contributed by atoms with Crippen molar-refractivity contribution in [1.82, 2.24) is 0 Å². The molecular weight excluding hydrogens is 267 g/mol. The predicted molar refractivity (Wildman–Crippen MR) is 80.6 cm³/mol. The summed E-state index contributed by atoms with van der Waals surface area (Å²) in [5.74, 6) is 0.793. The molecule has 106 valence electrons. The summed E-state index contributed by atoms with van der Waals surface area (Å²) in [6, 6.07) is 12.9. The van der Waals surface area contributed by atoms with Gasteiger partial charge in [-0.3, -0.25) is 5.41 Å². The minimum Gasteiger partial charge on any atom is -0.489 e. The van der Waals surface area contributed by atoms with Gasteiger partial charge in [0.1, 0.15) is 18.2 Å². The van der Waals surface area contributed by atoms with Crippen molar-refractivity contribution in [1.29, 1.82) is 5.41 Å². The fourth-order valence-electron chi connectivity index (χ4n) is 2.24. The van der Waals surface area contributed by atoms with Crippen molar-refractivity contribution in [2.24, 2.45) is 5.73 Å². The van der Waals surface area contributed by atoms with Crippen LogP contribution >= 0.6 is 0 Å². The Labute approximate surface area is 123 Å². The molecule has 0 aliphatic carbocycles.